The van der Waals surface area contributed by atoms with E-state index in [1.165, 1.54) is 22.2 Å². The third-order valence-electron chi connectivity index (χ3n) is 6.09. The lowest BCUT2D eigenvalue weighted by Gasteiger charge is -2.35. The summed E-state index contributed by atoms with van der Waals surface area (Å²) in [7, 11) is 0. The largest absolute Gasteiger partial charge is 0.341 e. The third kappa shape index (κ3) is 4.89. The number of thiophene rings is 1. The molecule has 0 radical (unpaired) electrons. The molecule has 1 aliphatic heterocycles. The van der Waals surface area contributed by atoms with Crippen molar-refractivity contribution in [3.05, 3.63) is 55.4 Å². The van der Waals surface area contributed by atoms with Gasteiger partial charge in [-0.25, -0.2) is 4.98 Å². The molecule has 33 heavy (non-hydrogen) atoms. The van der Waals surface area contributed by atoms with E-state index in [4.69, 9.17) is 0 Å². The summed E-state index contributed by atoms with van der Waals surface area (Å²) in [6, 6.07) is 5.62. The number of aromatic nitrogens is 2. The number of rotatable bonds is 4. The van der Waals surface area contributed by atoms with E-state index in [0.29, 0.717) is 51.3 Å². The molecule has 0 saturated carbocycles. The predicted molar refractivity (Wildman–Crippen MR) is 135 cm³/mol. The first-order valence-electron chi connectivity index (χ1n) is 11.0. The zero-order valence-electron chi connectivity index (χ0n) is 19.1. The Balaban J connectivity index is 1.59. The normalized spacial score (nSPS) is 18.5. The van der Waals surface area contributed by atoms with E-state index in [2.05, 4.69) is 40.1 Å². The molecule has 1 N–H and O–H groups in total. The number of hydrogen-bond acceptors (Lipinski definition) is 5. The van der Waals surface area contributed by atoms with Gasteiger partial charge in [0.2, 0.25) is 5.91 Å². The van der Waals surface area contributed by atoms with Gasteiger partial charge in [0.25, 0.3) is 11.5 Å². The number of aryl methyl sites for hydroxylation is 2. The van der Waals surface area contributed by atoms with Gasteiger partial charge >= 0.3 is 0 Å². The van der Waals surface area contributed by atoms with Gasteiger partial charge in [-0.3, -0.25) is 19.0 Å². The maximum absolute atomic E-state index is 13.2. The monoisotopic (exact) mass is 530 g/mol. The summed E-state index contributed by atoms with van der Waals surface area (Å²) in [5.41, 5.74) is 1.93. The lowest BCUT2D eigenvalue weighted by Crippen LogP contribution is -2.44. The molecule has 2 atom stereocenters. The zero-order chi connectivity index (χ0) is 23.9. The molecule has 2 aromatic heterocycles. The van der Waals surface area contributed by atoms with Gasteiger partial charge in [-0.15, -0.1) is 11.3 Å². The molecule has 1 fully saturated rings. The molecule has 174 valence electrons. The maximum atomic E-state index is 13.2. The number of piperidine rings is 1. The van der Waals surface area contributed by atoms with Crippen LogP contribution < -0.4 is 10.9 Å². The van der Waals surface area contributed by atoms with Crippen LogP contribution >= 0.6 is 27.3 Å². The number of anilines is 1. The Morgan fingerprint density at radius 3 is 2.58 bits per heavy atom. The average Bonchev–Trinajstić information content (AvgIpc) is 3.08. The molecular weight excluding hydrogens is 504 g/mol. The number of likely N-dealkylation sites (tertiary alicyclic amines) is 1. The highest BCUT2D eigenvalue weighted by Crippen LogP contribution is 2.29. The van der Waals surface area contributed by atoms with Crippen LogP contribution in [0.5, 0.6) is 0 Å². The van der Waals surface area contributed by atoms with Crippen LogP contribution in [0.4, 0.5) is 5.69 Å². The highest BCUT2D eigenvalue weighted by Gasteiger charge is 2.26. The average molecular weight is 531 g/mol. The molecule has 0 bridgehead atoms. The maximum Gasteiger partial charge on any atom is 0.266 e. The predicted octanol–water partition coefficient (Wildman–Crippen LogP) is 4.59. The van der Waals surface area contributed by atoms with Crippen LogP contribution in [0.1, 0.15) is 41.1 Å². The van der Waals surface area contributed by atoms with Crippen LogP contribution in [0.15, 0.2) is 33.8 Å². The first kappa shape index (κ1) is 23.6. The number of carbonyl (C=O) groups excluding carboxylic acids is 2. The van der Waals surface area contributed by atoms with Crippen molar-refractivity contribution in [3.8, 4) is 0 Å². The van der Waals surface area contributed by atoms with E-state index in [0.717, 1.165) is 16.5 Å². The lowest BCUT2D eigenvalue weighted by atomic mass is 9.92. The number of fused-ring (bicyclic) bond motifs is 1. The molecule has 1 saturated heterocycles. The summed E-state index contributed by atoms with van der Waals surface area (Å²) in [4.78, 5) is 46.2. The summed E-state index contributed by atoms with van der Waals surface area (Å²) < 4.78 is 2.29. The van der Waals surface area contributed by atoms with E-state index < -0.39 is 0 Å². The molecule has 2 amide bonds. The van der Waals surface area contributed by atoms with Crippen molar-refractivity contribution in [2.75, 3.05) is 18.4 Å². The van der Waals surface area contributed by atoms with E-state index in [9.17, 15) is 14.4 Å². The van der Waals surface area contributed by atoms with Crippen molar-refractivity contribution >= 4 is 55.0 Å². The SMILES string of the molecule is Cc1cc(Br)ccc1NC(=O)c1sc2ncn(CC(=O)N3CC(C)CC(C)C3)c(=O)c2c1C. The Morgan fingerprint density at radius 1 is 1.21 bits per heavy atom. The Kier molecular flexibility index (Phi) is 6.72. The van der Waals surface area contributed by atoms with E-state index >= 15 is 0 Å². The molecule has 1 aromatic carbocycles. The van der Waals surface area contributed by atoms with Crippen LogP contribution in [-0.4, -0.2) is 39.4 Å². The Labute approximate surface area is 204 Å². The molecule has 3 heterocycles. The van der Waals surface area contributed by atoms with Crippen LogP contribution in [0.2, 0.25) is 0 Å². The van der Waals surface area contributed by atoms with Gasteiger partial charge in [0.05, 0.1) is 16.6 Å². The van der Waals surface area contributed by atoms with Crippen LogP contribution in [0.3, 0.4) is 0 Å². The highest BCUT2D eigenvalue weighted by molar-refractivity contribution is 9.10. The van der Waals surface area contributed by atoms with Gasteiger partial charge in [-0.1, -0.05) is 29.8 Å². The molecular formula is C24H27BrN4O3S. The topological polar surface area (TPSA) is 84.3 Å². The molecule has 0 spiro atoms. The van der Waals surface area contributed by atoms with E-state index in [1.807, 2.05) is 30.0 Å². The van der Waals surface area contributed by atoms with Gasteiger partial charge in [0.1, 0.15) is 11.4 Å². The van der Waals surface area contributed by atoms with Gasteiger partial charge in [-0.2, -0.15) is 0 Å². The van der Waals surface area contributed by atoms with Crippen LogP contribution in [-0.2, 0) is 11.3 Å². The first-order valence-corrected chi connectivity index (χ1v) is 12.6. The minimum atomic E-state index is -0.293. The standard InChI is InChI=1S/C24H27BrN4O3S/c1-13-7-14(2)10-28(9-13)19(30)11-29-12-26-23-20(24(29)32)16(4)21(33-23)22(31)27-18-6-5-17(25)8-15(18)3/h5-6,8,12-14H,7,9-11H2,1-4H3,(H,27,31). The molecule has 3 aromatic rings. The van der Waals surface area contributed by atoms with Gasteiger partial charge in [0.15, 0.2) is 0 Å². The van der Waals surface area contributed by atoms with Crippen molar-refractivity contribution in [2.24, 2.45) is 11.8 Å². The molecule has 9 heteroatoms. The molecule has 0 aliphatic carbocycles. The molecule has 7 nitrogen and oxygen atoms in total. The summed E-state index contributed by atoms with van der Waals surface area (Å²) in [5.74, 6) is 0.543. The Bertz CT molecular complexity index is 1290. The van der Waals surface area contributed by atoms with Crippen LogP contribution in [0, 0.1) is 25.7 Å². The van der Waals surface area contributed by atoms with Gasteiger partial charge in [0, 0.05) is 23.2 Å². The number of hydrogen-bond donors (Lipinski definition) is 1. The van der Waals surface area contributed by atoms with Crippen molar-refractivity contribution in [1.82, 2.24) is 14.5 Å². The second-order valence-electron chi connectivity index (χ2n) is 9.07. The zero-order valence-corrected chi connectivity index (χ0v) is 21.5. The minimum Gasteiger partial charge on any atom is -0.341 e. The quantitative estimate of drug-likeness (QED) is 0.534. The Hall–Kier alpha value is -2.52. The van der Waals surface area contributed by atoms with E-state index in [1.54, 1.807) is 6.92 Å². The fraction of sp³-hybridized carbons (Fsp3) is 0.417. The summed E-state index contributed by atoms with van der Waals surface area (Å²) >= 11 is 4.61. The smallest absolute Gasteiger partial charge is 0.266 e. The Morgan fingerprint density at radius 2 is 1.91 bits per heavy atom. The van der Waals surface area contributed by atoms with Crippen molar-refractivity contribution < 1.29 is 9.59 Å². The molecule has 2 unspecified atom stereocenters. The molecule has 1 aliphatic rings. The number of carbonyl (C=O) groups is 2. The van der Waals surface area contributed by atoms with Gasteiger partial charge < -0.3 is 10.2 Å². The first-order chi connectivity index (χ1) is 15.6. The fourth-order valence-corrected chi connectivity index (χ4v) is 6.06. The lowest BCUT2D eigenvalue weighted by molar-refractivity contribution is -0.134. The number of amides is 2. The fourth-order valence-electron chi connectivity index (χ4n) is 4.55. The van der Waals surface area contributed by atoms with Crippen molar-refractivity contribution in [1.29, 1.82) is 0 Å². The second-order valence-corrected chi connectivity index (χ2v) is 11.0. The number of nitrogens with one attached hydrogen (secondary N) is 1. The number of nitrogens with zero attached hydrogens (tertiary/aromatic N) is 3. The summed E-state index contributed by atoms with van der Waals surface area (Å²) in [5, 5.41) is 3.32. The van der Waals surface area contributed by atoms with Crippen LogP contribution in [0.25, 0.3) is 10.2 Å². The number of halogens is 1. The van der Waals surface area contributed by atoms with Gasteiger partial charge in [-0.05, 0) is 61.4 Å². The van der Waals surface area contributed by atoms with Crippen molar-refractivity contribution in [2.45, 2.75) is 40.7 Å². The minimum absolute atomic E-state index is 0.0455. The van der Waals surface area contributed by atoms with Crippen molar-refractivity contribution in [3.63, 3.8) is 0 Å². The summed E-state index contributed by atoms with van der Waals surface area (Å²) in [6.45, 7) is 9.34. The second kappa shape index (κ2) is 9.38. The molecule has 4 rings (SSSR count). The summed E-state index contributed by atoms with van der Waals surface area (Å²) in [6.07, 6.45) is 2.52. The highest BCUT2D eigenvalue weighted by atomic mass is 79.9. The van der Waals surface area contributed by atoms with E-state index in [-0.39, 0.29) is 23.9 Å². The third-order valence-corrected chi connectivity index (χ3v) is 7.78. The number of benzene rings is 1.